The summed E-state index contributed by atoms with van der Waals surface area (Å²) >= 11 is 17.2. The summed E-state index contributed by atoms with van der Waals surface area (Å²) in [5, 5.41) is 0. The third kappa shape index (κ3) is 3.38. The van der Waals surface area contributed by atoms with Crippen molar-refractivity contribution in [3.05, 3.63) is 42.3 Å². The smallest absolute Gasteiger partial charge is 0.0784 e. The van der Waals surface area contributed by atoms with Crippen molar-refractivity contribution < 1.29 is 0 Å². The lowest BCUT2D eigenvalue weighted by Crippen LogP contribution is -2.00. The number of halogens is 3. The van der Waals surface area contributed by atoms with E-state index < -0.39 is 3.79 Å². The molecule has 3 heteroatoms. The van der Waals surface area contributed by atoms with Crippen molar-refractivity contribution in [2.75, 3.05) is 0 Å². The Kier molecular flexibility index (Phi) is 3.90. The standard InChI is InChI=1S/C10H10Cl3/c1-2-4-8-5-3-6-9(7-8)10(11,12)13/h3,5-7H,1-2,4H2. The van der Waals surface area contributed by atoms with Crippen LogP contribution in [0.2, 0.25) is 0 Å². The van der Waals surface area contributed by atoms with Crippen LogP contribution in [-0.2, 0) is 10.2 Å². The quantitative estimate of drug-likeness (QED) is 0.673. The van der Waals surface area contributed by atoms with E-state index in [2.05, 4.69) is 6.92 Å². The molecular formula is C10H10Cl3. The van der Waals surface area contributed by atoms with Gasteiger partial charge in [0.2, 0.25) is 3.79 Å². The minimum Gasteiger partial charge on any atom is -0.0784 e. The summed E-state index contributed by atoms with van der Waals surface area (Å²) in [7, 11) is 0. The summed E-state index contributed by atoms with van der Waals surface area (Å²) in [6, 6.07) is 7.60. The predicted molar refractivity (Wildman–Crippen MR) is 59.4 cm³/mol. The van der Waals surface area contributed by atoms with Crippen LogP contribution in [0.25, 0.3) is 0 Å². The van der Waals surface area contributed by atoms with E-state index in [0.29, 0.717) is 5.56 Å². The molecule has 0 unspecified atom stereocenters. The Morgan fingerprint density at radius 3 is 2.46 bits per heavy atom. The van der Waals surface area contributed by atoms with E-state index in [-0.39, 0.29) is 0 Å². The summed E-state index contributed by atoms with van der Waals surface area (Å²) in [5.41, 5.74) is 1.86. The van der Waals surface area contributed by atoms with Gasteiger partial charge in [-0.3, -0.25) is 0 Å². The van der Waals surface area contributed by atoms with Gasteiger partial charge in [0.05, 0.1) is 0 Å². The Hall–Kier alpha value is 0.0900. The van der Waals surface area contributed by atoms with E-state index in [0.717, 1.165) is 18.4 Å². The fourth-order valence-electron chi connectivity index (χ4n) is 1.11. The minimum atomic E-state index is -1.32. The molecule has 0 bridgehead atoms. The van der Waals surface area contributed by atoms with Crippen LogP contribution >= 0.6 is 34.8 Å². The summed E-state index contributed by atoms with van der Waals surface area (Å²) in [4.78, 5) is 0. The maximum Gasteiger partial charge on any atom is 0.216 e. The highest BCUT2D eigenvalue weighted by molar-refractivity contribution is 6.66. The summed E-state index contributed by atoms with van der Waals surface area (Å²) < 4.78 is -1.32. The molecule has 1 aromatic rings. The molecule has 0 N–H and O–H groups in total. The van der Waals surface area contributed by atoms with Crippen LogP contribution in [0.3, 0.4) is 0 Å². The topological polar surface area (TPSA) is 0 Å². The van der Waals surface area contributed by atoms with E-state index in [1.54, 1.807) is 6.07 Å². The molecule has 0 aliphatic heterocycles. The monoisotopic (exact) mass is 235 g/mol. The van der Waals surface area contributed by atoms with Crippen molar-refractivity contribution >= 4 is 34.8 Å². The van der Waals surface area contributed by atoms with E-state index in [1.165, 1.54) is 0 Å². The maximum absolute atomic E-state index is 5.75. The highest BCUT2D eigenvalue weighted by Crippen LogP contribution is 2.38. The number of aryl methyl sites for hydroxylation is 1. The largest absolute Gasteiger partial charge is 0.216 e. The number of benzene rings is 1. The first-order chi connectivity index (χ1) is 6.04. The summed E-state index contributed by atoms with van der Waals surface area (Å²) in [5.74, 6) is 0. The third-order valence-electron chi connectivity index (χ3n) is 1.72. The van der Waals surface area contributed by atoms with E-state index in [1.807, 2.05) is 18.2 Å². The normalized spacial score (nSPS) is 11.7. The van der Waals surface area contributed by atoms with Gasteiger partial charge in [-0.25, -0.2) is 0 Å². The van der Waals surface area contributed by atoms with Crippen LogP contribution in [0.1, 0.15) is 17.5 Å². The zero-order chi connectivity index (χ0) is 9.90. The fraction of sp³-hybridized carbons (Fsp3) is 0.300. The minimum absolute atomic E-state index is 0.712. The van der Waals surface area contributed by atoms with Crippen LogP contribution in [0, 0.1) is 6.92 Å². The molecule has 0 aromatic heterocycles. The Bertz CT molecular complexity index is 276. The summed E-state index contributed by atoms with van der Waals surface area (Å²) in [6.45, 7) is 3.77. The molecule has 0 saturated heterocycles. The molecule has 1 radical (unpaired) electrons. The number of alkyl halides is 3. The molecule has 0 heterocycles. The van der Waals surface area contributed by atoms with Crippen molar-refractivity contribution in [2.45, 2.75) is 16.6 Å². The average Bonchev–Trinajstić information content (AvgIpc) is 2.04. The molecule has 71 valence electrons. The van der Waals surface area contributed by atoms with Gasteiger partial charge in [0.1, 0.15) is 0 Å². The van der Waals surface area contributed by atoms with Crippen molar-refractivity contribution in [3.8, 4) is 0 Å². The lowest BCUT2D eigenvalue weighted by Gasteiger charge is -2.12. The first-order valence-corrected chi connectivity index (χ1v) is 5.13. The van der Waals surface area contributed by atoms with Gasteiger partial charge in [0, 0.05) is 5.56 Å². The van der Waals surface area contributed by atoms with Crippen molar-refractivity contribution in [1.82, 2.24) is 0 Å². The molecule has 0 saturated carbocycles. The summed E-state index contributed by atoms with van der Waals surface area (Å²) in [6.07, 6.45) is 1.76. The lowest BCUT2D eigenvalue weighted by atomic mass is 10.1. The van der Waals surface area contributed by atoms with Gasteiger partial charge in [-0.15, -0.1) is 0 Å². The van der Waals surface area contributed by atoms with Crippen LogP contribution < -0.4 is 0 Å². The Morgan fingerprint density at radius 1 is 1.23 bits per heavy atom. The van der Waals surface area contributed by atoms with Crippen LogP contribution in [0.15, 0.2) is 24.3 Å². The second kappa shape index (κ2) is 4.54. The third-order valence-corrected chi connectivity index (χ3v) is 2.37. The lowest BCUT2D eigenvalue weighted by molar-refractivity contribution is 0.992. The van der Waals surface area contributed by atoms with Gasteiger partial charge in [-0.05, 0) is 18.4 Å². The highest BCUT2D eigenvalue weighted by Gasteiger charge is 2.22. The molecule has 0 amide bonds. The zero-order valence-electron chi connectivity index (χ0n) is 7.06. The van der Waals surface area contributed by atoms with Crippen molar-refractivity contribution in [3.63, 3.8) is 0 Å². The van der Waals surface area contributed by atoms with Gasteiger partial charge >= 0.3 is 0 Å². The molecule has 1 rings (SSSR count). The Labute approximate surface area is 93.8 Å². The molecule has 13 heavy (non-hydrogen) atoms. The highest BCUT2D eigenvalue weighted by atomic mass is 35.6. The molecular weight excluding hydrogens is 226 g/mol. The number of hydrogen-bond donors (Lipinski definition) is 0. The molecule has 0 aliphatic carbocycles. The van der Waals surface area contributed by atoms with Crippen LogP contribution in [0.4, 0.5) is 0 Å². The van der Waals surface area contributed by atoms with E-state index in [4.69, 9.17) is 34.8 Å². The van der Waals surface area contributed by atoms with Gasteiger partial charge < -0.3 is 0 Å². The second-order valence-electron chi connectivity index (χ2n) is 2.80. The Morgan fingerprint density at radius 2 is 1.92 bits per heavy atom. The van der Waals surface area contributed by atoms with Gasteiger partial charge in [-0.2, -0.15) is 0 Å². The first kappa shape index (κ1) is 11.2. The van der Waals surface area contributed by atoms with Gasteiger partial charge in [-0.1, -0.05) is 66.0 Å². The fourth-order valence-corrected chi connectivity index (χ4v) is 1.46. The SMILES string of the molecule is [CH2]CCc1cccc(C(Cl)(Cl)Cl)c1. The predicted octanol–water partition coefficient (Wildman–Crippen LogP) is 4.28. The van der Waals surface area contributed by atoms with Gasteiger partial charge in [0.15, 0.2) is 0 Å². The number of rotatable bonds is 2. The van der Waals surface area contributed by atoms with Crippen LogP contribution in [-0.4, -0.2) is 0 Å². The van der Waals surface area contributed by atoms with Crippen LogP contribution in [0.5, 0.6) is 0 Å². The molecule has 0 atom stereocenters. The molecule has 1 aromatic carbocycles. The van der Waals surface area contributed by atoms with E-state index in [9.17, 15) is 0 Å². The van der Waals surface area contributed by atoms with Crippen molar-refractivity contribution in [2.24, 2.45) is 0 Å². The van der Waals surface area contributed by atoms with Gasteiger partial charge in [0.25, 0.3) is 0 Å². The second-order valence-corrected chi connectivity index (χ2v) is 5.08. The van der Waals surface area contributed by atoms with Crippen molar-refractivity contribution in [1.29, 1.82) is 0 Å². The number of hydrogen-bond acceptors (Lipinski definition) is 0. The molecule has 0 spiro atoms. The average molecular weight is 237 g/mol. The molecule has 0 nitrogen and oxygen atoms in total. The molecule has 0 aliphatic rings. The maximum atomic E-state index is 5.75. The van der Waals surface area contributed by atoms with E-state index >= 15 is 0 Å². The zero-order valence-corrected chi connectivity index (χ0v) is 9.33. The molecule has 0 fully saturated rings. The Balaban J connectivity index is 2.92. The first-order valence-electron chi connectivity index (χ1n) is 3.99.